The van der Waals surface area contributed by atoms with E-state index in [4.69, 9.17) is 0 Å². The van der Waals surface area contributed by atoms with Crippen LogP contribution in [0.3, 0.4) is 0 Å². The third kappa shape index (κ3) is 2.46. The molecule has 1 aliphatic rings. The van der Waals surface area contributed by atoms with Crippen molar-refractivity contribution in [2.45, 2.75) is 23.6 Å². The number of halogens is 3. The second-order valence-electron chi connectivity index (χ2n) is 4.21. The van der Waals surface area contributed by atoms with E-state index in [-0.39, 0.29) is 6.42 Å². The second kappa shape index (κ2) is 4.01. The highest BCUT2D eigenvalue weighted by Gasteiger charge is 2.59. The molecule has 6 heteroatoms. The molecule has 2 atom stereocenters. The molecule has 0 saturated heterocycles. The average molecular weight is 264 g/mol. The number of benzene rings is 1. The van der Waals surface area contributed by atoms with E-state index in [2.05, 4.69) is 0 Å². The Morgan fingerprint density at radius 1 is 1.18 bits per heavy atom. The molecule has 1 fully saturated rings. The lowest BCUT2D eigenvalue weighted by molar-refractivity contribution is -0.0438. The van der Waals surface area contributed by atoms with Crippen molar-refractivity contribution in [1.29, 1.82) is 0 Å². The molecule has 0 heterocycles. The third-order valence-electron chi connectivity index (χ3n) is 2.92. The highest BCUT2D eigenvalue weighted by Crippen LogP contribution is 2.45. The van der Waals surface area contributed by atoms with Gasteiger partial charge in [-0.2, -0.15) is 13.2 Å². The van der Waals surface area contributed by atoms with Gasteiger partial charge in [0.15, 0.2) is 0 Å². The maximum atomic E-state index is 12.2. The summed E-state index contributed by atoms with van der Waals surface area (Å²) in [6, 6.07) is 8.95. The van der Waals surface area contributed by atoms with E-state index >= 15 is 0 Å². The topological polar surface area (TPSA) is 34.1 Å². The maximum absolute atomic E-state index is 12.2. The summed E-state index contributed by atoms with van der Waals surface area (Å²) in [6.07, 6.45) is 0.498. The van der Waals surface area contributed by atoms with Crippen LogP contribution in [0.5, 0.6) is 0 Å². The first kappa shape index (κ1) is 12.4. The highest BCUT2D eigenvalue weighted by atomic mass is 32.2. The van der Waals surface area contributed by atoms with E-state index in [0.717, 1.165) is 5.56 Å². The first-order valence-corrected chi connectivity index (χ1v) is 6.71. The van der Waals surface area contributed by atoms with E-state index in [0.29, 0.717) is 6.42 Å². The van der Waals surface area contributed by atoms with Crippen LogP contribution in [0.15, 0.2) is 30.3 Å². The summed E-state index contributed by atoms with van der Waals surface area (Å²) in [5, 5.41) is -1.25. The molecule has 0 spiro atoms. The van der Waals surface area contributed by atoms with Crippen molar-refractivity contribution in [3.8, 4) is 0 Å². The highest BCUT2D eigenvalue weighted by molar-refractivity contribution is 7.93. The van der Waals surface area contributed by atoms with E-state index in [9.17, 15) is 21.6 Å². The van der Waals surface area contributed by atoms with Crippen LogP contribution < -0.4 is 0 Å². The SMILES string of the molecule is O=S(=O)([C@H]1C[C@H]1Cc1ccccc1)C(F)(F)F. The van der Waals surface area contributed by atoms with Crippen LogP contribution in [0.4, 0.5) is 13.2 Å². The minimum Gasteiger partial charge on any atom is -0.219 e. The van der Waals surface area contributed by atoms with Crippen LogP contribution >= 0.6 is 0 Å². The molecule has 0 aliphatic heterocycles. The Kier molecular flexibility index (Phi) is 2.93. The van der Waals surface area contributed by atoms with Crippen molar-refractivity contribution in [3.05, 3.63) is 35.9 Å². The molecule has 0 N–H and O–H groups in total. The van der Waals surface area contributed by atoms with Crippen molar-refractivity contribution in [2.75, 3.05) is 0 Å². The summed E-state index contributed by atoms with van der Waals surface area (Å²) in [4.78, 5) is 0. The third-order valence-corrected chi connectivity index (χ3v) is 4.94. The Hall–Kier alpha value is -1.04. The normalized spacial score (nSPS) is 24.6. The minimum absolute atomic E-state index is 0.108. The molecule has 0 amide bonds. The number of rotatable bonds is 3. The number of hydrogen-bond donors (Lipinski definition) is 0. The Morgan fingerprint density at radius 3 is 2.29 bits per heavy atom. The van der Waals surface area contributed by atoms with Gasteiger partial charge >= 0.3 is 5.51 Å². The minimum atomic E-state index is -5.12. The van der Waals surface area contributed by atoms with Crippen molar-refractivity contribution in [1.82, 2.24) is 0 Å². The Morgan fingerprint density at radius 2 is 1.76 bits per heavy atom. The Balaban J connectivity index is 2.03. The number of hydrogen-bond acceptors (Lipinski definition) is 2. The van der Waals surface area contributed by atoms with Crippen LogP contribution in [-0.2, 0) is 16.3 Å². The maximum Gasteiger partial charge on any atom is 0.497 e. The first-order chi connectivity index (χ1) is 7.82. The summed E-state index contributed by atoms with van der Waals surface area (Å²) in [5.41, 5.74) is -4.25. The van der Waals surface area contributed by atoms with Gasteiger partial charge in [-0.25, -0.2) is 8.42 Å². The van der Waals surface area contributed by atoms with Crippen LogP contribution in [0, 0.1) is 5.92 Å². The molecule has 0 radical (unpaired) electrons. The zero-order valence-electron chi connectivity index (χ0n) is 8.81. The fourth-order valence-corrected chi connectivity index (χ4v) is 3.35. The summed E-state index contributed by atoms with van der Waals surface area (Å²) in [7, 11) is -4.97. The van der Waals surface area contributed by atoms with E-state index < -0.39 is 26.5 Å². The molecule has 17 heavy (non-hydrogen) atoms. The molecule has 1 saturated carbocycles. The van der Waals surface area contributed by atoms with Crippen LogP contribution in [0.25, 0.3) is 0 Å². The summed E-state index contributed by atoms with van der Waals surface area (Å²) >= 11 is 0. The molecule has 0 bridgehead atoms. The smallest absolute Gasteiger partial charge is 0.219 e. The van der Waals surface area contributed by atoms with Gasteiger partial charge in [0, 0.05) is 0 Å². The Labute approximate surface area is 97.4 Å². The summed E-state index contributed by atoms with van der Waals surface area (Å²) < 4.78 is 58.9. The Bertz CT molecular complexity index is 493. The monoisotopic (exact) mass is 264 g/mol. The van der Waals surface area contributed by atoms with Gasteiger partial charge in [0.1, 0.15) is 0 Å². The lowest BCUT2D eigenvalue weighted by Gasteiger charge is -2.07. The molecule has 1 aromatic rings. The van der Waals surface area contributed by atoms with E-state index in [1.807, 2.05) is 0 Å². The first-order valence-electron chi connectivity index (χ1n) is 5.16. The zero-order valence-corrected chi connectivity index (χ0v) is 9.63. The van der Waals surface area contributed by atoms with Gasteiger partial charge in [0.05, 0.1) is 5.25 Å². The van der Waals surface area contributed by atoms with Crippen molar-refractivity contribution in [2.24, 2.45) is 5.92 Å². The lowest BCUT2D eigenvalue weighted by atomic mass is 10.1. The number of alkyl halides is 3. The van der Waals surface area contributed by atoms with E-state index in [1.165, 1.54) is 0 Å². The molecular weight excluding hydrogens is 253 g/mol. The predicted molar refractivity (Wildman–Crippen MR) is 57.0 cm³/mol. The van der Waals surface area contributed by atoms with Gasteiger partial charge in [0.2, 0.25) is 0 Å². The molecular formula is C11H11F3O2S. The van der Waals surface area contributed by atoms with Crippen LogP contribution in [0.2, 0.25) is 0 Å². The number of sulfone groups is 1. The average Bonchev–Trinajstić information content (AvgIpc) is 2.97. The fourth-order valence-electron chi connectivity index (χ4n) is 1.90. The van der Waals surface area contributed by atoms with Crippen LogP contribution in [-0.4, -0.2) is 19.2 Å². The van der Waals surface area contributed by atoms with Gasteiger partial charge < -0.3 is 0 Å². The summed E-state index contributed by atoms with van der Waals surface area (Å²) in [5.74, 6) is -0.399. The molecule has 94 valence electrons. The molecule has 2 nitrogen and oxygen atoms in total. The molecule has 2 rings (SSSR count). The van der Waals surface area contributed by atoms with E-state index in [1.54, 1.807) is 30.3 Å². The van der Waals surface area contributed by atoms with Crippen molar-refractivity contribution < 1.29 is 21.6 Å². The van der Waals surface area contributed by atoms with Gasteiger partial charge in [-0.05, 0) is 24.3 Å². The van der Waals surface area contributed by atoms with Crippen LogP contribution in [0.1, 0.15) is 12.0 Å². The molecule has 0 unspecified atom stereocenters. The van der Waals surface area contributed by atoms with Gasteiger partial charge in [-0.1, -0.05) is 30.3 Å². The molecule has 0 aromatic heterocycles. The predicted octanol–water partition coefficient (Wildman–Crippen LogP) is 2.55. The molecule has 1 aromatic carbocycles. The van der Waals surface area contributed by atoms with Gasteiger partial charge in [0.25, 0.3) is 9.84 Å². The largest absolute Gasteiger partial charge is 0.497 e. The zero-order chi connectivity index (χ0) is 12.7. The lowest BCUT2D eigenvalue weighted by Crippen LogP contribution is -2.28. The van der Waals surface area contributed by atoms with Gasteiger partial charge in [-0.15, -0.1) is 0 Å². The van der Waals surface area contributed by atoms with Crippen molar-refractivity contribution >= 4 is 9.84 Å². The molecule has 1 aliphatic carbocycles. The quantitative estimate of drug-likeness (QED) is 0.840. The second-order valence-corrected chi connectivity index (χ2v) is 6.37. The van der Waals surface area contributed by atoms with Gasteiger partial charge in [-0.3, -0.25) is 0 Å². The van der Waals surface area contributed by atoms with Crippen molar-refractivity contribution in [3.63, 3.8) is 0 Å². The fraction of sp³-hybridized carbons (Fsp3) is 0.455. The standard InChI is InChI=1S/C11H11F3O2S/c12-11(13,14)17(15,16)10-7-9(10)6-8-4-2-1-3-5-8/h1-5,9-10H,6-7H2/t9-,10+/m1/s1. The summed E-state index contributed by atoms with van der Waals surface area (Å²) in [6.45, 7) is 0.